The molecule has 28 heavy (non-hydrogen) atoms. The molecule has 4 aliphatic rings. The van der Waals surface area contributed by atoms with Crippen molar-refractivity contribution in [1.82, 2.24) is 29.4 Å². The van der Waals surface area contributed by atoms with E-state index < -0.39 is 0 Å². The first-order valence-corrected chi connectivity index (χ1v) is 11.2. The van der Waals surface area contributed by atoms with Gasteiger partial charge in [0.05, 0.1) is 13.3 Å². The monoisotopic (exact) mass is 392 g/mol. The number of hydrogen-bond acceptors (Lipinski definition) is 4. The molecule has 4 saturated heterocycles. The van der Waals surface area contributed by atoms with Crippen molar-refractivity contribution in [2.24, 2.45) is 0 Å². The van der Waals surface area contributed by atoms with Crippen LogP contribution < -0.4 is 0 Å². The molecule has 4 aliphatic heterocycles. The molecule has 4 rings (SSSR count). The van der Waals surface area contributed by atoms with E-state index in [1.54, 1.807) is 0 Å². The van der Waals surface area contributed by atoms with Gasteiger partial charge in [0.1, 0.15) is 0 Å². The van der Waals surface area contributed by atoms with Gasteiger partial charge in [-0.1, -0.05) is 12.8 Å². The topological polar surface area (TPSA) is 53.6 Å². The summed E-state index contributed by atoms with van der Waals surface area (Å²) in [5, 5.41) is 0. The third kappa shape index (κ3) is 3.45. The van der Waals surface area contributed by atoms with Crippen molar-refractivity contribution >= 4 is 12.1 Å². The summed E-state index contributed by atoms with van der Waals surface area (Å²) >= 11 is 0. The number of hydrogen-bond donors (Lipinski definition) is 0. The fourth-order valence-electron chi connectivity index (χ4n) is 5.33. The van der Waals surface area contributed by atoms with Gasteiger partial charge in [-0.15, -0.1) is 0 Å². The summed E-state index contributed by atoms with van der Waals surface area (Å²) in [6.07, 6.45) is 7.02. The molecule has 0 saturated carbocycles. The van der Waals surface area contributed by atoms with E-state index in [1.807, 2.05) is 33.4 Å². The number of likely N-dealkylation sites (N-methyl/N-ethyl adjacent to an activating group) is 2. The summed E-state index contributed by atoms with van der Waals surface area (Å²) in [6.45, 7) is 10.8. The lowest BCUT2D eigenvalue weighted by Crippen LogP contribution is -2.51. The van der Waals surface area contributed by atoms with Gasteiger partial charge in [-0.3, -0.25) is 19.6 Å². The zero-order chi connectivity index (χ0) is 19.7. The first kappa shape index (κ1) is 19.8. The van der Waals surface area contributed by atoms with Crippen LogP contribution in [0.4, 0.5) is 9.59 Å². The van der Waals surface area contributed by atoms with Crippen molar-refractivity contribution < 1.29 is 9.59 Å². The minimum absolute atomic E-state index is 0.0812. The van der Waals surface area contributed by atoms with Crippen molar-refractivity contribution in [1.29, 1.82) is 0 Å². The fraction of sp³-hybridized carbons (Fsp3) is 0.900. The maximum Gasteiger partial charge on any atom is 0.324 e. The van der Waals surface area contributed by atoms with E-state index >= 15 is 0 Å². The average Bonchev–Trinajstić information content (AvgIpc) is 3.14. The summed E-state index contributed by atoms with van der Waals surface area (Å²) in [5.41, 5.74) is 0. The van der Waals surface area contributed by atoms with Crippen molar-refractivity contribution in [3.63, 3.8) is 0 Å². The number of carbonyl (C=O) groups excluding carboxylic acids is 2. The second-order valence-corrected chi connectivity index (χ2v) is 8.54. The molecule has 8 heteroatoms. The Labute approximate surface area is 169 Å². The second-order valence-electron chi connectivity index (χ2n) is 8.54. The molecule has 0 aromatic heterocycles. The van der Waals surface area contributed by atoms with Crippen molar-refractivity contribution in [3.8, 4) is 0 Å². The fourth-order valence-corrected chi connectivity index (χ4v) is 5.33. The van der Waals surface area contributed by atoms with Gasteiger partial charge in [-0.2, -0.15) is 0 Å². The molecule has 4 fully saturated rings. The normalized spacial score (nSPS) is 29.9. The lowest BCUT2D eigenvalue weighted by molar-refractivity contribution is 0.0610. The largest absolute Gasteiger partial charge is 0.324 e. The molecule has 158 valence electrons. The molecular weight excluding hydrogens is 356 g/mol. The van der Waals surface area contributed by atoms with E-state index in [4.69, 9.17) is 0 Å². The Morgan fingerprint density at radius 1 is 0.607 bits per heavy atom. The highest BCUT2D eigenvalue weighted by Crippen LogP contribution is 2.35. The molecule has 2 atom stereocenters. The Balaban J connectivity index is 1.56. The molecule has 0 spiro atoms. The number of amides is 4. The number of urea groups is 2. The predicted octanol–water partition coefficient (Wildman–Crippen LogP) is 2.04. The molecule has 0 bridgehead atoms. The lowest BCUT2D eigenvalue weighted by Gasteiger charge is -2.35. The maximum absolute atomic E-state index is 13.3. The molecular formula is C20H36N6O2. The second kappa shape index (κ2) is 8.45. The van der Waals surface area contributed by atoms with E-state index in [-0.39, 0.29) is 24.4 Å². The zero-order valence-corrected chi connectivity index (χ0v) is 17.6. The molecule has 4 heterocycles. The Morgan fingerprint density at radius 2 is 0.964 bits per heavy atom. The van der Waals surface area contributed by atoms with Crippen molar-refractivity contribution in [3.05, 3.63) is 0 Å². The van der Waals surface area contributed by atoms with Gasteiger partial charge in [0, 0.05) is 13.1 Å². The first-order chi connectivity index (χ1) is 13.7. The minimum Gasteiger partial charge on any atom is -0.300 e. The lowest BCUT2D eigenvalue weighted by atomic mass is 10.1. The molecule has 0 aromatic rings. The van der Waals surface area contributed by atoms with Gasteiger partial charge in [0.25, 0.3) is 0 Å². The Hall–Kier alpha value is -1.54. The van der Waals surface area contributed by atoms with E-state index in [0.717, 1.165) is 26.2 Å². The summed E-state index contributed by atoms with van der Waals surface area (Å²) in [7, 11) is 0. The number of fused-ring (bicyclic) bond motifs is 1. The van der Waals surface area contributed by atoms with Crippen LogP contribution in [0.5, 0.6) is 0 Å². The van der Waals surface area contributed by atoms with E-state index in [9.17, 15) is 9.59 Å². The van der Waals surface area contributed by atoms with Crippen LogP contribution in [0.25, 0.3) is 0 Å². The van der Waals surface area contributed by atoms with Crippen LogP contribution in [0.3, 0.4) is 0 Å². The van der Waals surface area contributed by atoms with Crippen molar-refractivity contribution in [2.45, 2.75) is 64.7 Å². The van der Waals surface area contributed by atoms with Gasteiger partial charge >= 0.3 is 12.1 Å². The highest BCUT2D eigenvalue weighted by molar-refractivity contribution is 5.85. The summed E-state index contributed by atoms with van der Waals surface area (Å²) in [6, 6.07) is 0.162. The third-order valence-electron chi connectivity index (χ3n) is 6.81. The summed E-state index contributed by atoms with van der Waals surface area (Å²) in [4.78, 5) is 39.0. The molecule has 4 amide bonds. The third-order valence-corrected chi connectivity index (χ3v) is 6.81. The molecule has 0 radical (unpaired) electrons. The minimum atomic E-state index is -0.170. The van der Waals surface area contributed by atoms with Gasteiger partial charge in [0.2, 0.25) is 0 Å². The van der Waals surface area contributed by atoms with Crippen molar-refractivity contribution in [2.75, 3.05) is 52.6 Å². The number of rotatable bonds is 6. The highest BCUT2D eigenvalue weighted by Gasteiger charge is 2.58. The number of piperidine rings is 2. The van der Waals surface area contributed by atoms with Crippen LogP contribution in [0, 0.1) is 0 Å². The van der Waals surface area contributed by atoms with Crippen LogP contribution in [-0.4, -0.2) is 106 Å². The molecule has 0 aliphatic carbocycles. The number of nitrogens with zero attached hydrogens (tertiary/aromatic N) is 6. The van der Waals surface area contributed by atoms with Gasteiger partial charge in [-0.25, -0.2) is 9.59 Å². The highest BCUT2D eigenvalue weighted by atomic mass is 16.2. The number of likely N-dealkylation sites (tertiary alicyclic amines) is 2. The van der Waals surface area contributed by atoms with Crippen LogP contribution >= 0.6 is 0 Å². The van der Waals surface area contributed by atoms with Crippen LogP contribution in [-0.2, 0) is 0 Å². The Morgan fingerprint density at radius 3 is 1.29 bits per heavy atom. The van der Waals surface area contributed by atoms with E-state index in [1.165, 1.54) is 38.5 Å². The standard InChI is InChI=1S/C20H36N6O2/c1-3-23-17-18(26(19(23)27)16-22-13-9-6-10-14-22)24(4-2)20(28)25(17)15-21-11-7-5-8-12-21/h17-18H,3-16H2,1-2H3/t17-,18-/m1/s1. The Bertz CT molecular complexity index is 525. The molecule has 8 nitrogen and oxygen atoms in total. The SMILES string of the molecule is CCN1C(=O)N(CN2CCCCC2)[C@@H]2[C@H]1N(CN1CCCCC1)C(=O)N2CC. The van der Waals surface area contributed by atoms with Crippen LogP contribution in [0.2, 0.25) is 0 Å². The summed E-state index contributed by atoms with van der Waals surface area (Å²) in [5.74, 6) is 0. The van der Waals surface area contributed by atoms with Crippen LogP contribution in [0.1, 0.15) is 52.4 Å². The first-order valence-electron chi connectivity index (χ1n) is 11.2. The molecule has 0 unspecified atom stereocenters. The average molecular weight is 393 g/mol. The van der Waals surface area contributed by atoms with Gasteiger partial charge in [-0.05, 0) is 65.7 Å². The van der Waals surface area contributed by atoms with Crippen LogP contribution in [0.15, 0.2) is 0 Å². The van der Waals surface area contributed by atoms with Gasteiger partial charge in [0.15, 0.2) is 12.3 Å². The smallest absolute Gasteiger partial charge is 0.300 e. The summed E-state index contributed by atoms with van der Waals surface area (Å²) < 4.78 is 0. The Kier molecular flexibility index (Phi) is 5.96. The number of carbonyl (C=O) groups is 2. The quantitative estimate of drug-likeness (QED) is 0.694. The molecule has 0 aromatic carbocycles. The van der Waals surface area contributed by atoms with E-state index in [2.05, 4.69) is 9.80 Å². The maximum atomic E-state index is 13.3. The zero-order valence-electron chi connectivity index (χ0n) is 17.6. The predicted molar refractivity (Wildman–Crippen MR) is 107 cm³/mol. The molecule has 0 N–H and O–H groups in total. The van der Waals surface area contributed by atoms with E-state index in [0.29, 0.717) is 26.4 Å². The van der Waals surface area contributed by atoms with Gasteiger partial charge < -0.3 is 9.80 Å².